The number of aliphatic hydroxyl groups excluding tert-OH is 1. The minimum Gasteiger partial charge on any atom is -0.494 e. The summed E-state index contributed by atoms with van der Waals surface area (Å²) in [5, 5.41) is 9.75. The van der Waals surface area contributed by atoms with E-state index in [0.717, 1.165) is 6.42 Å². The summed E-state index contributed by atoms with van der Waals surface area (Å²) >= 11 is 0. The molecule has 2 heterocycles. The normalized spacial score (nSPS) is 13.5. The molecular formula is C29H24O9. The first-order valence-corrected chi connectivity index (χ1v) is 12.1. The third-order valence-electron chi connectivity index (χ3n) is 5.90. The Morgan fingerprint density at radius 3 is 1.74 bits per heavy atom. The van der Waals surface area contributed by atoms with Crippen LogP contribution in [0.1, 0.15) is 24.5 Å². The second-order valence-electron chi connectivity index (χ2n) is 8.50. The van der Waals surface area contributed by atoms with E-state index in [9.17, 15) is 14.4 Å². The van der Waals surface area contributed by atoms with Crippen LogP contribution in [0.5, 0.6) is 23.0 Å². The Kier molecular flexibility index (Phi) is 7.10. The maximum atomic E-state index is 12.8. The second-order valence-corrected chi connectivity index (χ2v) is 8.50. The first-order chi connectivity index (χ1) is 18.5. The highest BCUT2D eigenvalue weighted by Crippen LogP contribution is 2.28. The lowest BCUT2D eigenvalue weighted by Crippen LogP contribution is -2.16. The van der Waals surface area contributed by atoms with Gasteiger partial charge >= 0.3 is 17.9 Å². The number of hydrogen-bond acceptors (Lipinski definition) is 9. The first kappa shape index (κ1) is 25.0. The number of ether oxygens (including phenoxy) is 5. The fourth-order valence-corrected chi connectivity index (χ4v) is 4.19. The molecule has 0 atom stereocenters. The van der Waals surface area contributed by atoms with Gasteiger partial charge in [-0.25, -0.2) is 14.4 Å². The Balaban J connectivity index is 1.45. The van der Waals surface area contributed by atoms with Gasteiger partial charge in [0.2, 0.25) is 0 Å². The summed E-state index contributed by atoms with van der Waals surface area (Å²) in [5.74, 6) is 0.152. The lowest BCUT2D eigenvalue weighted by Gasteiger charge is -2.07. The Morgan fingerprint density at radius 2 is 1.26 bits per heavy atom. The number of fused-ring (bicyclic) bond motifs is 2. The molecule has 0 aliphatic carbocycles. The summed E-state index contributed by atoms with van der Waals surface area (Å²) in [6.45, 7) is 1.95. The Morgan fingerprint density at radius 1 is 0.763 bits per heavy atom. The van der Waals surface area contributed by atoms with Crippen LogP contribution < -0.4 is 29.4 Å². The number of carbonyl (C=O) groups is 3. The predicted octanol–water partition coefficient (Wildman–Crippen LogP) is 1.63. The number of esters is 3. The van der Waals surface area contributed by atoms with Crippen LogP contribution in [-0.2, 0) is 19.1 Å². The van der Waals surface area contributed by atoms with Crippen LogP contribution in [0.25, 0.3) is 11.1 Å². The molecule has 0 aromatic heterocycles. The van der Waals surface area contributed by atoms with Gasteiger partial charge in [-0.2, -0.15) is 0 Å². The smallest absolute Gasteiger partial charge is 0.344 e. The highest BCUT2D eigenvalue weighted by atomic mass is 16.6. The summed E-state index contributed by atoms with van der Waals surface area (Å²) in [6, 6.07) is 17.0. The molecule has 2 aliphatic heterocycles. The molecule has 9 heteroatoms. The molecule has 3 aromatic carbocycles. The number of hydrogen-bond donors (Lipinski definition) is 1. The van der Waals surface area contributed by atoms with Crippen LogP contribution in [0.3, 0.4) is 0 Å². The van der Waals surface area contributed by atoms with Crippen LogP contribution in [0.2, 0.25) is 0 Å². The topological polar surface area (TPSA) is 118 Å². The number of benzene rings is 3. The summed E-state index contributed by atoms with van der Waals surface area (Å²) in [6.07, 6.45) is 0.891. The quantitative estimate of drug-likeness (QED) is 0.317. The number of aliphatic hydroxyl groups is 1. The molecule has 0 bridgehead atoms. The molecule has 9 nitrogen and oxygen atoms in total. The van der Waals surface area contributed by atoms with Gasteiger partial charge in [-0.15, -0.1) is 0 Å². The van der Waals surface area contributed by atoms with Gasteiger partial charge in [-0.1, -0.05) is 31.2 Å². The van der Waals surface area contributed by atoms with Gasteiger partial charge < -0.3 is 28.8 Å². The number of carbonyl (C=O) groups excluding carboxylic acids is 3. The van der Waals surface area contributed by atoms with Gasteiger partial charge in [0.1, 0.15) is 29.6 Å². The Labute approximate surface area is 217 Å². The molecule has 0 unspecified atom stereocenters. The Hall–Kier alpha value is -4.63. The van der Waals surface area contributed by atoms with E-state index in [1.807, 2.05) is 6.92 Å². The zero-order chi connectivity index (χ0) is 26.6. The zero-order valence-corrected chi connectivity index (χ0v) is 20.5. The monoisotopic (exact) mass is 516 g/mol. The van der Waals surface area contributed by atoms with E-state index < -0.39 is 17.9 Å². The molecule has 0 saturated carbocycles. The van der Waals surface area contributed by atoms with E-state index in [1.165, 1.54) is 0 Å². The predicted molar refractivity (Wildman–Crippen MR) is 134 cm³/mol. The van der Waals surface area contributed by atoms with Crippen molar-refractivity contribution in [1.82, 2.24) is 0 Å². The van der Waals surface area contributed by atoms with E-state index in [0.29, 0.717) is 62.3 Å². The average Bonchev–Trinajstić information content (AvgIpc) is 3.42. The molecular weight excluding hydrogens is 492 g/mol. The molecule has 1 N–H and O–H groups in total. The SMILES string of the molecule is CCCOc1ccc(C2=c3cc4c(cc3OC2=O)=C(c2ccc(OCC(=O)OCCO)cc2)C(=O)O4)cc1. The third-order valence-corrected chi connectivity index (χ3v) is 5.90. The maximum Gasteiger partial charge on any atom is 0.344 e. The molecule has 38 heavy (non-hydrogen) atoms. The van der Waals surface area contributed by atoms with Crippen molar-refractivity contribution in [2.24, 2.45) is 0 Å². The van der Waals surface area contributed by atoms with Crippen molar-refractivity contribution in [3.8, 4) is 23.0 Å². The Bertz CT molecular complexity index is 1520. The fourth-order valence-electron chi connectivity index (χ4n) is 4.19. The molecule has 0 radical (unpaired) electrons. The zero-order valence-electron chi connectivity index (χ0n) is 20.5. The largest absolute Gasteiger partial charge is 0.494 e. The second kappa shape index (κ2) is 10.8. The van der Waals surface area contributed by atoms with Gasteiger partial charge in [-0.3, -0.25) is 0 Å². The molecule has 0 spiro atoms. The number of rotatable bonds is 10. The molecule has 5 rings (SSSR count). The van der Waals surface area contributed by atoms with Crippen LogP contribution in [0.4, 0.5) is 0 Å². The van der Waals surface area contributed by atoms with Crippen LogP contribution in [-0.4, -0.2) is 49.4 Å². The van der Waals surface area contributed by atoms with Gasteiger partial charge in [0, 0.05) is 10.4 Å². The van der Waals surface area contributed by atoms with Gasteiger partial charge in [0.05, 0.1) is 24.4 Å². The van der Waals surface area contributed by atoms with Gasteiger partial charge in [-0.05, 0) is 53.9 Å². The van der Waals surface area contributed by atoms with Crippen LogP contribution in [0.15, 0.2) is 60.7 Å². The van der Waals surface area contributed by atoms with E-state index in [-0.39, 0.29) is 19.8 Å². The summed E-state index contributed by atoms with van der Waals surface area (Å²) in [5.41, 5.74) is 1.94. The van der Waals surface area contributed by atoms with E-state index in [1.54, 1.807) is 60.7 Å². The van der Waals surface area contributed by atoms with E-state index in [2.05, 4.69) is 0 Å². The van der Waals surface area contributed by atoms with Crippen molar-refractivity contribution in [2.45, 2.75) is 13.3 Å². The molecule has 2 aliphatic rings. The van der Waals surface area contributed by atoms with Gasteiger partial charge in [0.25, 0.3) is 0 Å². The van der Waals surface area contributed by atoms with Crippen molar-refractivity contribution >= 4 is 29.1 Å². The maximum absolute atomic E-state index is 12.8. The minimum atomic E-state index is -0.605. The van der Waals surface area contributed by atoms with Crippen molar-refractivity contribution in [3.63, 3.8) is 0 Å². The summed E-state index contributed by atoms with van der Waals surface area (Å²) in [4.78, 5) is 37.1. The van der Waals surface area contributed by atoms with Crippen molar-refractivity contribution in [1.29, 1.82) is 0 Å². The third kappa shape index (κ3) is 4.96. The standard InChI is InChI=1S/C29H24O9/c1-2-12-34-19-7-3-17(4-8-19)26-21-14-24-22(15-23(21)37-28(26)32)27(29(33)38-24)18-5-9-20(10-6-18)36-16-25(31)35-13-11-30/h3-10,14-15,30H,2,11-13,16H2,1H3. The average molecular weight is 517 g/mol. The van der Waals surface area contributed by atoms with Crippen molar-refractivity contribution < 1.29 is 43.2 Å². The molecule has 0 saturated heterocycles. The molecule has 0 fully saturated rings. The highest BCUT2D eigenvalue weighted by molar-refractivity contribution is 6.21. The molecule has 3 aromatic rings. The summed E-state index contributed by atoms with van der Waals surface area (Å²) < 4.78 is 26.8. The van der Waals surface area contributed by atoms with Crippen LogP contribution in [0, 0.1) is 0 Å². The molecule has 194 valence electrons. The van der Waals surface area contributed by atoms with Crippen molar-refractivity contribution in [2.75, 3.05) is 26.4 Å². The van der Waals surface area contributed by atoms with Gasteiger partial charge in [0.15, 0.2) is 6.61 Å². The fraction of sp³-hybridized carbons (Fsp3) is 0.207. The van der Waals surface area contributed by atoms with Crippen LogP contribution >= 0.6 is 0 Å². The van der Waals surface area contributed by atoms with E-state index in [4.69, 9.17) is 28.8 Å². The molecule has 0 amide bonds. The lowest BCUT2D eigenvalue weighted by atomic mass is 10.0. The van der Waals surface area contributed by atoms with E-state index >= 15 is 0 Å². The minimum absolute atomic E-state index is 0.0977. The lowest BCUT2D eigenvalue weighted by molar-refractivity contribution is -0.147. The van der Waals surface area contributed by atoms with Crippen molar-refractivity contribution in [3.05, 3.63) is 82.2 Å². The first-order valence-electron chi connectivity index (χ1n) is 12.1. The summed E-state index contributed by atoms with van der Waals surface area (Å²) in [7, 11) is 0. The highest BCUT2D eigenvalue weighted by Gasteiger charge is 2.30.